The zero-order chi connectivity index (χ0) is 27.5. The van der Waals surface area contributed by atoms with Gasteiger partial charge < -0.3 is 10.2 Å². The molecule has 7 nitrogen and oxygen atoms in total. The molecule has 0 saturated carbocycles. The van der Waals surface area contributed by atoms with Crippen LogP contribution in [0, 0.1) is 0 Å². The summed E-state index contributed by atoms with van der Waals surface area (Å²) in [6.07, 6.45) is 3.04. The third kappa shape index (κ3) is 8.33. The van der Waals surface area contributed by atoms with E-state index < -0.39 is 28.5 Å². The zero-order valence-electron chi connectivity index (χ0n) is 21.7. The Morgan fingerprint density at radius 3 is 2.05 bits per heavy atom. The second-order valence-electron chi connectivity index (χ2n) is 9.08. The van der Waals surface area contributed by atoms with E-state index in [0.717, 1.165) is 34.5 Å². The summed E-state index contributed by atoms with van der Waals surface area (Å²) in [6, 6.07) is 24.4. The van der Waals surface area contributed by atoms with E-state index in [1.807, 2.05) is 67.6 Å². The third-order valence-corrected chi connectivity index (χ3v) is 7.54. The van der Waals surface area contributed by atoms with Gasteiger partial charge in [-0.1, -0.05) is 97.7 Å². The monoisotopic (exact) mass is 555 g/mol. The predicted molar refractivity (Wildman–Crippen MR) is 152 cm³/mol. The average molecular weight is 556 g/mol. The van der Waals surface area contributed by atoms with Crippen LogP contribution in [0.1, 0.15) is 30.9 Å². The normalized spacial score (nSPS) is 12.0. The maximum atomic E-state index is 14.0. The maximum Gasteiger partial charge on any atom is 0.244 e. The number of hydrogen-bond donors (Lipinski definition) is 1. The van der Waals surface area contributed by atoms with Gasteiger partial charge in [-0.25, -0.2) is 8.42 Å². The van der Waals surface area contributed by atoms with Gasteiger partial charge in [0.15, 0.2) is 0 Å². The van der Waals surface area contributed by atoms with Gasteiger partial charge >= 0.3 is 0 Å². The van der Waals surface area contributed by atoms with Gasteiger partial charge in [0, 0.05) is 19.5 Å². The molecule has 3 aromatic carbocycles. The van der Waals surface area contributed by atoms with E-state index in [-0.39, 0.29) is 29.6 Å². The van der Waals surface area contributed by atoms with E-state index in [9.17, 15) is 18.0 Å². The molecule has 0 aliphatic heterocycles. The highest BCUT2D eigenvalue weighted by atomic mass is 35.5. The fourth-order valence-electron chi connectivity index (χ4n) is 4.09. The molecule has 1 N–H and O–H groups in total. The van der Waals surface area contributed by atoms with Crippen LogP contribution in [0.4, 0.5) is 5.69 Å². The minimum Gasteiger partial charge on any atom is -0.354 e. The Kier molecular flexibility index (Phi) is 10.7. The van der Waals surface area contributed by atoms with Crippen molar-refractivity contribution < 1.29 is 18.0 Å². The minimum absolute atomic E-state index is 0.137. The molecule has 2 amide bonds. The number of unbranched alkanes of at least 4 members (excludes halogenated alkanes) is 1. The highest BCUT2D eigenvalue weighted by Crippen LogP contribution is 2.27. The number of rotatable bonds is 13. The standard InChI is InChI=1S/C29H34ClN3O4S/c1-3-4-19-31-29(35)27(20-23-13-7-5-8-14-23)32(21-24-15-9-6-10-16-24)28(34)22-33(38(2,36)37)26-18-12-11-17-25(26)30/h5-18,27H,3-4,19-22H2,1-2H3,(H,31,35)/t27-/m0/s1. The minimum atomic E-state index is -3.86. The molecule has 3 aromatic rings. The van der Waals surface area contributed by atoms with E-state index in [2.05, 4.69) is 5.32 Å². The van der Waals surface area contributed by atoms with E-state index in [1.54, 1.807) is 24.3 Å². The smallest absolute Gasteiger partial charge is 0.244 e. The van der Waals surface area contributed by atoms with Gasteiger partial charge in [-0.05, 0) is 29.7 Å². The first kappa shape index (κ1) is 29.2. The van der Waals surface area contributed by atoms with Crippen molar-refractivity contribution in [1.82, 2.24) is 10.2 Å². The molecular weight excluding hydrogens is 522 g/mol. The van der Waals surface area contributed by atoms with Crippen molar-refractivity contribution >= 4 is 39.1 Å². The summed E-state index contributed by atoms with van der Waals surface area (Å²) in [5, 5.41) is 3.17. The molecule has 38 heavy (non-hydrogen) atoms. The Balaban J connectivity index is 2.02. The second-order valence-corrected chi connectivity index (χ2v) is 11.4. The van der Waals surface area contributed by atoms with Crippen LogP contribution in [0.5, 0.6) is 0 Å². The molecule has 0 aliphatic carbocycles. The van der Waals surface area contributed by atoms with Crippen LogP contribution in [0.25, 0.3) is 0 Å². The molecule has 0 radical (unpaired) electrons. The molecule has 202 valence electrons. The van der Waals surface area contributed by atoms with Crippen molar-refractivity contribution in [2.45, 2.75) is 38.8 Å². The van der Waals surface area contributed by atoms with E-state index in [1.165, 1.54) is 4.90 Å². The summed E-state index contributed by atoms with van der Waals surface area (Å²) in [7, 11) is -3.86. The first-order valence-corrected chi connectivity index (χ1v) is 14.8. The number of hydrogen-bond acceptors (Lipinski definition) is 4. The Bertz CT molecular complexity index is 1300. The van der Waals surface area contributed by atoms with Crippen LogP contribution < -0.4 is 9.62 Å². The molecule has 0 saturated heterocycles. The van der Waals surface area contributed by atoms with Gasteiger partial charge in [0.1, 0.15) is 12.6 Å². The fraction of sp³-hybridized carbons (Fsp3) is 0.310. The van der Waals surface area contributed by atoms with Crippen molar-refractivity contribution in [2.24, 2.45) is 0 Å². The molecule has 0 aliphatic rings. The van der Waals surface area contributed by atoms with Gasteiger partial charge in [-0.15, -0.1) is 0 Å². The van der Waals surface area contributed by atoms with Crippen molar-refractivity contribution in [3.63, 3.8) is 0 Å². The number of anilines is 1. The topological polar surface area (TPSA) is 86.8 Å². The zero-order valence-corrected chi connectivity index (χ0v) is 23.3. The molecule has 0 unspecified atom stereocenters. The van der Waals surface area contributed by atoms with Crippen molar-refractivity contribution in [3.05, 3.63) is 101 Å². The van der Waals surface area contributed by atoms with Crippen molar-refractivity contribution in [1.29, 1.82) is 0 Å². The van der Waals surface area contributed by atoms with Crippen molar-refractivity contribution in [2.75, 3.05) is 23.7 Å². The van der Waals surface area contributed by atoms with Crippen LogP contribution in [0.3, 0.4) is 0 Å². The lowest BCUT2D eigenvalue weighted by atomic mass is 10.0. The van der Waals surface area contributed by atoms with Crippen LogP contribution in [-0.2, 0) is 32.6 Å². The number of nitrogens with zero attached hydrogens (tertiary/aromatic N) is 2. The van der Waals surface area contributed by atoms with Gasteiger partial charge in [-0.3, -0.25) is 13.9 Å². The second kappa shape index (κ2) is 14.0. The first-order chi connectivity index (χ1) is 18.2. The molecule has 0 spiro atoms. The van der Waals surface area contributed by atoms with Gasteiger partial charge in [0.05, 0.1) is 17.0 Å². The number of halogens is 1. The number of nitrogens with one attached hydrogen (secondary N) is 1. The predicted octanol–water partition coefficient (Wildman–Crippen LogP) is 4.66. The Morgan fingerprint density at radius 1 is 0.895 bits per heavy atom. The number of amides is 2. The van der Waals surface area contributed by atoms with Gasteiger partial charge in [-0.2, -0.15) is 0 Å². The number of carbonyl (C=O) groups is 2. The highest BCUT2D eigenvalue weighted by Gasteiger charge is 2.33. The first-order valence-electron chi connectivity index (χ1n) is 12.6. The molecule has 3 rings (SSSR count). The van der Waals surface area contributed by atoms with Crippen LogP contribution in [-0.4, -0.2) is 50.5 Å². The number of para-hydroxylation sites is 1. The van der Waals surface area contributed by atoms with Gasteiger partial charge in [0.2, 0.25) is 21.8 Å². The van der Waals surface area contributed by atoms with Crippen LogP contribution in [0.15, 0.2) is 84.9 Å². The van der Waals surface area contributed by atoms with E-state index >= 15 is 0 Å². The van der Waals surface area contributed by atoms with E-state index in [4.69, 9.17) is 11.6 Å². The van der Waals surface area contributed by atoms with Crippen LogP contribution in [0.2, 0.25) is 5.02 Å². The molecule has 0 aromatic heterocycles. The summed E-state index contributed by atoms with van der Waals surface area (Å²) in [5.41, 5.74) is 1.92. The molecule has 0 fully saturated rings. The molecule has 9 heteroatoms. The third-order valence-electron chi connectivity index (χ3n) is 6.10. The van der Waals surface area contributed by atoms with Gasteiger partial charge in [0.25, 0.3) is 0 Å². The highest BCUT2D eigenvalue weighted by molar-refractivity contribution is 7.92. The quantitative estimate of drug-likeness (QED) is 0.311. The fourth-order valence-corrected chi connectivity index (χ4v) is 5.24. The Morgan fingerprint density at radius 2 is 1.47 bits per heavy atom. The SMILES string of the molecule is CCCCNC(=O)[C@H](Cc1ccccc1)N(Cc1ccccc1)C(=O)CN(c1ccccc1Cl)S(C)(=O)=O. The maximum absolute atomic E-state index is 14.0. The summed E-state index contributed by atoms with van der Waals surface area (Å²) >= 11 is 6.31. The van der Waals surface area contributed by atoms with Crippen molar-refractivity contribution in [3.8, 4) is 0 Å². The number of benzene rings is 3. The van der Waals surface area contributed by atoms with Crippen LogP contribution >= 0.6 is 11.6 Å². The lowest BCUT2D eigenvalue weighted by Gasteiger charge is -2.33. The molecule has 1 atom stereocenters. The lowest BCUT2D eigenvalue weighted by molar-refractivity contribution is -0.140. The molecule has 0 heterocycles. The summed E-state index contributed by atoms with van der Waals surface area (Å²) in [5.74, 6) is -0.791. The lowest BCUT2D eigenvalue weighted by Crippen LogP contribution is -2.53. The number of carbonyl (C=O) groups excluding carboxylic acids is 2. The summed E-state index contributed by atoms with van der Waals surface area (Å²) < 4.78 is 26.6. The average Bonchev–Trinajstić information content (AvgIpc) is 2.90. The Hall–Kier alpha value is -3.36. The summed E-state index contributed by atoms with van der Waals surface area (Å²) in [6.45, 7) is 2.16. The molecular formula is C29H34ClN3O4S. The molecule has 0 bridgehead atoms. The number of sulfonamides is 1. The van der Waals surface area contributed by atoms with E-state index in [0.29, 0.717) is 6.54 Å². The largest absolute Gasteiger partial charge is 0.354 e. The Labute approximate surface area is 230 Å². The summed E-state index contributed by atoms with van der Waals surface area (Å²) in [4.78, 5) is 28.9.